The Morgan fingerprint density at radius 1 is 1.33 bits per heavy atom. The number of likely N-dealkylation sites (tertiary alicyclic amines) is 1. The third kappa shape index (κ3) is 4.28. The van der Waals surface area contributed by atoms with E-state index < -0.39 is 5.60 Å². The van der Waals surface area contributed by atoms with Crippen LogP contribution in [0, 0.1) is 0 Å². The fourth-order valence-corrected chi connectivity index (χ4v) is 2.35. The SMILES string of the molecule is COc1ccccc1N[C@H]1CCN(C(=O)OC(C)(C)C)C1. The maximum absolute atomic E-state index is 12.0. The molecule has 1 fully saturated rings. The summed E-state index contributed by atoms with van der Waals surface area (Å²) in [7, 11) is 1.65. The van der Waals surface area contributed by atoms with Crippen LogP contribution in [0.3, 0.4) is 0 Å². The van der Waals surface area contributed by atoms with Gasteiger partial charge < -0.3 is 19.7 Å². The minimum Gasteiger partial charge on any atom is -0.495 e. The van der Waals surface area contributed by atoms with Crippen molar-refractivity contribution in [1.82, 2.24) is 4.90 Å². The standard InChI is InChI=1S/C16H24N2O3/c1-16(2,3)21-15(19)18-10-9-12(11-18)17-13-7-5-6-8-14(13)20-4/h5-8,12,17H,9-11H2,1-4H3/t12-/m0/s1. The fraction of sp³-hybridized carbons (Fsp3) is 0.562. The number of carbonyl (C=O) groups is 1. The molecule has 1 aromatic carbocycles. The Kier molecular flexibility index (Phi) is 4.60. The number of hydrogen-bond donors (Lipinski definition) is 1. The van der Waals surface area contributed by atoms with Crippen LogP contribution in [0.25, 0.3) is 0 Å². The van der Waals surface area contributed by atoms with E-state index in [9.17, 15) is 4.79 Å². The minimum atomic E-state index is -0.453. The first-order valence-electron chi connectivity index (χ1n) is 7.26. The number of hydrogen-bond acceptors (Lipinski definition) is 4. The molecule has 0 bridgehead atoms. The molecule has 1 aromatic rings. The summed E-state index contributed by atoms with van der Waals surface area (Å²) in [6.45, 7) is 7.00. The van der Waals surface area contributed by atoms with E-state index >= 15 is 0 Å². The highest BCUT2D eigenvalue weighted by Gasteiger charge is 2.29. The summed E-state index contributed by atoms with van der Waals surface area (Å²) in [5, 5.41) is 3.43. The number of amides is 1. The van der Waals surface area contributed by atoms with Gasteiger partial charge in [-0.2, -0.15) is 0 Å². The van der Waals surface area contributed by atoms with Crippen LogP contribution in [0.5, 0.6) is 5.75 Å². The van der Waals surface area contributed by atoms with Gasteiger partial charge in [0.2, 0.25) is 0 Å². The van der Waals surface area contributed by atoms with Crippen molar-refractivity contribution >= 4 is 11.8 Å². The summed E-state index contributed by atoms with van der Waals surface area (Å²) < 4.78 is 10.7. The smallest absolute Gasteiger partial charge is 0.410 e. The maximum Gasteiger partial charge on any atom is 0.410 e. The summed E-state index contributed by atoms with van der Waals surface area (Å²) in [4.78, 5) is 13.8. The van der Waals surface area contributed by atoms with Crippen molar-refractivity contribution in [2.75, 3.05) is 25.5 Å². The molecule has 0 unspecified atom stereocenters. The lowest BCUT2D eigenvalue weighted by Gasteiger charge is -2.24. The molecule has 116 valence electrons. The molecule has 0 saturated carbocycles. The van der Waals surface area contributed by atoms with Crippen LogP contribution in [-0.4, -0.2) is 42.8 Å². The number of benzene rings is 1. The Labute approximate surface area is 126 Å². The average Bonchev–Trinajstić information content (AvgIpc) is 2.86. The summed E-state index contributed by atoms with van der Waals surface area (Å²) in [5.41, 5.74) is 0.502. The molecule has 1 atom stereocenters. The van der Waals surface area contributed by atoms with Gasteiger partial charge in [-0.25, -0.2) is 4.79 Å². The number of rotatable bonds is 3. The Hall–Kier alpha value is -1.91. The van der Waals surface area contributed by atoms with Crippen LogP contribution in [0.4, 0.5) is 10.5 Å². The van der Waals surface area contributed by atoms with Crippen LogP contribution in [-0.2, 0) is 4.74 Å². The Balaban J connectivity index is 1.92. The Morgan fingerprint density at radius 3 is 2.71 bits per heavy atom. The van der Waals surface area contributed by atoms with Gasteiger partial charge in [-0.3, -0.25) is 0 Å². The zero-order valence-electron chi connectivity index (χ0n) is 13.2. The molecule has 1 aliphatic heterocycles. The zero-order chi connectivity index (χ0) is 15.5. The number of methoxy groups -OCH3 is 1. The second-order valence-corrected chi connectivity index (χ2v) is 6.26. The largest absolute Gasteiger partial charge is 0.495 e. The zero-order valence-corrected chi connectivity index (χ0v) is 13.2. The van der Waals surface area contributed by atoms with Crippen molar-refractivity contribution in [3.05, 3.63) is 24.3 Å². The van der Waals surface area contributed by atoms with Gasteiger partial charge in [-0.05, 0) is 39.3 Å². The molecule has 5 heteroatoms. The van der Waals surface area contributed by atoms with Gasteiger partial charge >= 0.3 is 6.09 Å². The first-order valence-corrected chi connectivity index (χ1v) is 7.26. The highest BCUT2D eigenvalue weighted by Crippen LogP contribution is 2.26. The van der Waals surface area contributed by atoms with E-state index in [-0.39, 0.29) is 12.1 Å². The number of nitrogens with zero attached hydrogens (tertiary/aromatic N) is 1. The molecule has 0 radical (unpaired) electrons. The lowest BCUT2D eigenvalue weighted by atomic mass is 10.2. The number of para-hydroxylation sites is 2. The Morgan fingerprint density at radius 2 is 2.05 bits per heavy atom. The molecule has 5 nitrogen and oxygen atoms in total. The van der Waals surface area contributed by atoms with Crippen molar-refractivity contribution < 1.29 is 14.3 Å². The quantitative estimate of drug-likeness (QED) is 0.930. The molecule has 0 aliphatic carbocycles. The van der Waals surface area contributed by atoms with Crippen molar-refractivity contribution in [3.63, 3.8) is 0 Å². The van der Waals surface area contributed by atoms with E-state index in [4.69, 9.17) is 9.47 Å². The van der Waals surface area contributed by atoms with E-state index in [1.165, 1.54) is 0 Å². The molecular formula is C16H24N2O3. The predicted molar refractivity (Wildman–Crippen MR) is 82.8 cm³/mol. The van der Waals surface area contributed by atoms with E-state index in [2.05, 4.69) is 5.32 Å². The maximum atomic E-state index is 12.0. The lowest BCUT2D eigenvalue weighted by molar-refractivity contribution is 0.0293. The summed E-state index contributed by atoms with van der Waals surface area (Å²) >= 11 is 0. The van der Waals surface area contributed by atoms with Crippen LogP contribution in [0.15, 0.2) is 24.3 Å². The number of carbonyl (C=O) groups excluding carboxylic acids is 1. The van der Waals surface area contributed by atoms with E-state index in [1.807, 2.05) is 45.0 Å². The van der Waals surface area contributed by atoms with Gasteiger partial charge in [0.25, 0.3) is 0 Å². The van der Waals surface area contributed by atoms with Crippen LogP contribution >= 0.6 is 0 Å². The molecule has 1 N–H and O–H groups in total. The molecule has 1 heterocycles. The third-order valence-electron chi connectivity index (χ3n) is 3.31. The molecule has 21 heavy (non-hydrogen) atoms. The molecule has 1 saturated heterocycles. The van der Waals surface area contributed by atoms with Crippen molar-refractivity contribution in [3.8, 4) is 5.75 Å². The molecule has 1 amide bonds. The van der Waals surface area contributed by atoms with Crippen molar-refractivity contribution in [2.45, 2.75) is 38.8 Å². The van der Waals surface area contributed by atoms with Gasteiger partial charge in [0.05, 0.1) is 12.8 Å². The second-order valence-electron chi connectivity index (χ2n) is 6.26. The van der Waals surface area contributed by atoms with Gasteiger partial charge in [0.15, 0.2) is 0 Å². The van der Waals surface area contributed by atoms with Gasteiger partial charge in [-0.15, -0.1) is 0 Å². The third-order valence-corrected chi connectivity index (χ3v) is 3.31. The number of anilines is 1. The molecule has 0 spiro atoms. The minimum absolute atomic E-state index is 0.216. The highest BCUT2D eigenvalue weighted by atomic mass is 16.6. The normalized spacial score (nSPS) is 18.5. The summed E-state index contributed by atoms with van der Waals surface area (Å²) in [6.07, 6.45) is 0.656. The summed E-state index contributed by atoms with van der Waals surface area (Å²) in [5.74, 6) is 0.813. The second kappa shape index (κ2) is 6.24. The van der Waals surface area contributed by atoms with Crippen molar-refractivity contribution in [2.24, 2.45) is 0 Å². The number of ether oxygens (including phenoxy) is 2. The summed E-state index contributed by atoms with van der Waals surface area (Å²) in [6, 6.07) is 8.02. The topological polar surface area (TPSA) is 50.8 Å². The first-order chi connectivity index (χ1) is 9.89. The predicted octanol–water partition coefficient (Wildman–Crippen LogP) is 3.12. The van der Waals surface area contributed by atoms with Gasteiger partial charge in [0, 0.05) is 19.1 Å². The van der Waals surface area contributed by atoms with Crippen LogP contribution < -0.4 is 10.1 Å². The highest BCUT2D eigenvalue weighted by molar-refractivity contribution is 5.69. The lowest BCUT2D eigenvalue weighted by Crippen LogP contribution is -2.36. The fourth-order valence-electron chi connectivity index (χ4n) is 2.35. The van der Waals surface area contributed by atoms with E-state index in [0.29, 0.717) is 13.1 Å². The molecule has 0 aromatic heterocycles. The molecule has 1 aliphatic rings. The van der Waals surface area contributed by atoms with Gasteiger partial charge in [-0.1, -0.05) is 12.1 Å². The number of nitrogens with one attached hydrogen (secondary N) is 1. The Bertz CT molecular complexity index is 497. The van der Waals surface area contributed by atoms with E-state index in [0.717, 1.165) is 17.9 Å². The molecule has 2 rings (SSSR count). The van der Waals surface area contributed by atoms with Gasteiger partial charge in [0.1, 0.15) is 11.4 Å². The van der Waals surface area contributed by atoms with Crippen molar-refractivity contribution in [1.29, 1.82) is 0 Å². The van der Waals surface area contributed by atoms with Crippen LogP contribution in [0.1, 0.15) is 27.2 Å². The average molecular weight is 292 g/mol. The van der Waals surface area contributed by atoms with Crippen LogP contribution in [0.2, 0.25) is 0 Å². The monoisotopic (exact) mass is 292 g/mol. The molecular weight excluding hydrogens is 268 g/mol. The first kappa shape index (κ1) is 15.5. The van der Waals surface area contributed by atoms with E-state index in [1.54, 1.807) is 12.0 Å².